The topological polar surface area (TPSA) is 147 Å². The number of nitrogens with two attached hydrogens (primary N) is 1. The molecule has 2 aromatic heterocycles. The summed E-state index contributed by atoms with van der Waals surface area (Å²) < 4.78 is 12.5. The van der Waals surface area contributed by atoms with Gasteiger partial charge in [0, 0.05) is 0 Å². The highest BCUT2D eigenvalue weighted by atomic mass is 17.2. The zero-order chi connectivity index (χ0) is 21.1. The van der Waals surface area contributed by atoms with E-state index in [2.05, 4.69) is 15.0 Å². The number of aromatic nitrogens is 4. The average molecular weight is 417 g/mol. The molecule has 0 saturated carbocycles. The predicted octanol–water partition coefficient (Wildman–Crippen LogP) is 0.227. The van der Waals surface area contributed by atoms with Crippen LogP contribution in [0.1, 0.15) is 11.8 Å². The molecule has 0 unspecified atom stereocenters. The van der Waals surface area contributed by atoms with Gasteiger partial charge in [-0.1, -0.05) is 12.1 Å². The molecular formula is C19H23N5O6. The van der Waals surface area contributed by atoms with Gasteiger partial charge < -0.3 is 25.4 Å². The number of imidazole rings is 1. The fourth-order valence-electron chi connectivity index (χ4n) is 3.31. The average Bonchev–Trinajstić information content (AvgIpc) is 3.31. The Morgan fingerprint density at radius 1 is 1.17 bits per heavy atom. The maximum absolute atomic E-state index is 10.4. The van der Waals surface area contributed by atoms with Crippen molar-refractivity contribution < 1.29 is 29.5 Å². The van der Waals surface area contributed by atoms with Gasteiger partial charge in [0.1, 0.15) is 42.5 Å². The summed E-state index contributed by atoms with van der Waals surface area (Å²) in [5.74, 6) is 0.992. The molecule has 3 aromatic rings. The maximum atomic E-state index is 10.4. The zero-order valence-corrected chi connectivity index (χ0v) is 16.3. The summed E-state index contributed by atoms with van der Waals surface area (Å²) in [7, 11) is 1.61. The number of anilines is 1. The molecule has 0 bridgehead atoms. The number of benzene rings is 1. The molecule has 1 aromatic carbocycles. The van der Waals surface area contributed by atoms with Crippen molar-refractivity contribution >= 4 is 17.0 Å². The number of aliphatic hydroxyl groups excluding tert-OH is 2. The highest BCUT2D eigenvalue weighted by Crippen LogP contribution is 2.32. The van der Waals surface area contributed by atoms with Crippen molar-refractivity contribution in [2.75, 3.05) is 26.1 Å². The van der Waals surface area contributed by atoms with Crippen molar-refractivity contribution in [3.05, 3.63) is 42.5 Å². The molecule has 0 aliphatic carbocycles. The minimum Gasteiger partial charge on any atom is -0.497 e. The third kappa shape index (κ3) is 4.06. The molecule has 1 fully saturated rings. The van der Waals surface area contributed by atoms with E-state index in [0.29, 0.717) is 24.2 Å². The van der Waals surface area contributed by atoms with Gasteiger partial charge in [0.2, 0.25) is 0 Å². The van der Waals surface area contributed by atoms with Gasteiger partial charge in [-0.15, -0.1) is 0 Å². The Balaban J connectivity index is 1.30. The number of fused-ring (bicyclic) bond motifs is 1. The summed E-state index contributed by atoms with van der Waals surface area (Å²) in [6.07, 6.45) is -0.714. The first-order chi connectivity index (χ1) is 14.6. The Morgan fingerprint density at radius 3 is 2.87 bits per heavy atom. The van der Waals surface area contributed by atoms with E-state index in [4.69, 9.17) is 25.0 Å². The van der Waals surface area contributed by atoms with Crippen LogP contribution in [0, 0.1) is 0 Å². The van der Waals surface area contributed by atoms with Crippen LogP contribution in [0.25, 0.3) is 11.2 Å². The Kier molecular flexibility index (Phi) is 6.06. The third-order valence-corrected chi connectivity index (χ3v) is 4.92. The lowest BCUT2D eigenvalue weighted by Crippen LogP contribution is -2.33. The molecule has 11 heteroatoms. The van der Waals surface area contributed by atoms with E-state index >= 15 is 0 Å². The number of nitrogens with zero attached hydrogens (tertiary/aromatic N) is 4. The standard InChI is InChI=1S/C19H23N5O6/c1-27-12-4-2-3-11(7-12)5-6-28-29-8-13-15(25)16(26)19(30-13)24-10-23-14-17(20)21-9-22-18(14)24/h2-4,7,9-10,13,15-16,19,25-26H,5-6,8H2,1H3,(H2,20,21,22)/t13-,15-,16-,19-/m1/s1. The quantitative estimate of drug-likeness (QED) is 0.264. The maximum Gasteiger partial charge on any atom is 0.167 e. The number of ether oxygens (including phenoxy) is 2. The minimum absolute atomic E-state index is 0.0589. The first-order valence-electron chi connectivity index (χ1n) is 9.40. The second-order valence-electron chi connectivity index (χ2n) is 6.84. The highest BCUT2D eigenvalue weighted by Gasteiger charge is 2.44. The van der Waals surface area contributed by atoms with E-state index < -0.39 is 24.5 Å². The van der Waals surface area contributed by atoms with Gasteiger partial charge in [-0.3, -0.25) is 4.57 Å². The molecule has 11 nitrogen and oxygen atoms in total. The van der Waals surface area contributed by atoms with Crippen LogP contribution in [0.5, 0.6) is 5.75 Å². The molecule has 30 heavy (non-hydrogen) atoms. The van der Waals surface area contributed by atoms with Crippen molar-refractivity contribution in [1.82, 2.24) is 19.5 Å². The predicted molar refractivity (Wildman–Crippen MR) is 104 cm³/mol. The monoisotopic (exact) mass is 417 g/mol. The van der Waals surface area contributed by atoms with Crippen molar-refractivity contribution in [3.63, 3.8) is 0 Å². The van der Waals surface area contributed by atoms with Crippen LogP contribution in [0.4, 0.5) is 5.82 Å². The molecule has 1 aliphatic heterocycles. The summed E-state index contributed by atoms with van der Waals surface area (Å²) in [6.45, 7) is 0.251. The first kappa shape index (κ1) is 20.4. The fraction of sp³-hybridized carbons (Fsp3) is 0.421. The van der Waals surface area contributed by atoms with Crippen molar-refractivity contribution in [2.45, 2.75) is 31.0 Å². The van der Waals surface area contributed by atoms with Crippen molar-refractivity contribution in [3.8, 4) is 5.75 Å². The van der Waals surface area contributed by atoms with E-state index in [1.54, 1.807) is 7.11 Å². The second kappa shape index (κ2) is 8.90. The second-order valence-corrected chi connectivity index (χ2v) is 6.84. The van der Waals surface area contributed by atoms with E-state index in [1.165, 1.54) is 17.2 Å². The lowest BCUT2D eigenvalue weighted by molar-refractivity contribution is -0.309. The molecule has 1 saturated heterocycles. The number of rotatable bonds is 8. The van der Waals surface area contributed by atoms with Crippen LogP contribution < -0.4 is 10.5 Å². The molecule has 4 atom stereocenters. The van der Waals surface area contributed by atoms with Crippen LogP contribution in [-0.4, -0.2) is 68.4 Å². The number of hydrogen-bond acceptors (Lipinski definition) is 10. The van der Waals surface area contributed by atoms with E-state index in [-0.39, 0.29) is 12.4 Å². The van der Waals surface area contributed by atoms with E-state index in [9.17, 15) is 10.2 Å². The number of methoxy groups -OCH3 is 1. The van der Waals surface area contributed by atoms with Gasteiger partial charge >= 0.3 is 0 Å². The fourth-order valence-corrected chi connectivity index (χ4v) is 3.31. The molecule has 0 amide bonds. The van der Waals surface area contributed by atoms with Crippen LogP contribution in [0.2, 0.25) is 0 Å². The number of aliphatic hydroxyl groups is 2. The van der Waals surface area contributed by atoms with Crippen LogP contribution in [0.3, 0.4) is 0 Å². The van der Waals surface area contributed by atoms with E-state index in [1.807, 2.05) is 24.3 Å². The van der Waals surface area contributed by atoms with Crippen LogP contribution >= 0.6 is 0 Å². The van der Waals surface area contributed by atoms with Crippen LogP contribution in [0.15, 0.2) is 36.9 Å². The molecule has 4 rings (SSSR count). The molecule has 4 N–H and O–H groups in total. The lowest BCUT2D eigenvalue weighted by atomic mass is 10.1. The Bertz CT molecular complexity index is 998. The Hall–Kier alpha value is -2.83. The summed E-state index contributed by atoms with van der Waals surface area (Å²) in [6, 6.07) is 7.64. The zero-order valence-electron chi connectivity index (χ0n) is 16.3. The number of hydrogen-bond donors (Lipinski definition) is 3. The van der Waals surface area contributed by atoms with Crippen molar-refractivity contribution in [1.29, 1.82) is 0 Å². The SMILES string of the molecule is COc1cccc(CCOOC[C@H]2O[C@@H](n3cnc4c(N)ncnc43)[C@H](O)[C@@H]2O)c1. The largest absolute Gasteiger partial charge is 0.497 e. The smallest absolute Gasteiger partial charge is 0.167 e. The minimum atomic E-state index is -1.20. The first-order valence-corrected chi connectivity index (χ1v) is 9.40. The Morgan fingerprint density at radius 2 is 2.03 bits per heavy atom. The molecule has 160 valence electrons. The van der Waals surface area contributed by atoms with Gasteiger partial charge in [0.25, 0.3) is 0 Å². The van der Waals surface area contributed by atoms with E-state index in [0.717, 1.165) is 11.3 Å². The normalized spacial score (nSPS) is 23.8. The summed E-state index contributed by atoms with van der Waals surface area (Å²) in [4.78, 5) is 22.5. The third-order valence-electron chi connectivity index (χ3n) is 4.92. The van der Waals surface area contributed by atoms with Gasteiger partial charge in [-0.25, -0.2) is 24.7 Å². The highest BCUT2D eigenvalue weighted by molar-refractivity contribution is 5.81. The molecular weight excluding hydrogens is 394 g/mol. The Labute approximate surface area is 171 Å². The van der Waals surface area contributed by atoms with Gasteiger partial charge in [0.15, 0.2) is 17.7 Å². The van der Waals surface area contributed by atoms with Gasteiger partial charge in [-0.2, -0.15) is 0 Å². The summed E-state index contributed by atoms with van der Waals surface area (Å²) in [5.41, 5.74) is 7.62. The molecule has 3 heterocycles. The van der Waals surface area contributed by atoms with Crippen molar-refractivity contribution in [2.24, 2.45) is 0 Å². The molecule has 0 spiro atoms. The number of nitrogen functional groups attached to an aromatic ring is 1. The summed E-state index contributed by atoms with van der Waals surface area (Å²) >= 11 is 0. The molecule has 1 aliphatic rings. The summed E-state index contributed by atoms with van der Waals surface area (Å²) in [5, 5.41) is 20.8. The molecule has 0 radical (unpaired) electrons. The van der Waals surface area contributed by atoms with Crippen LogP contribution in [-0.2, 0) is 20.9 Å². The van der Waals surface area contributed by atoms with Gasteiger partial charge in [0.05, 0.1) is 20.0 Å². The van der Waals surface area contributed by atoms with Gasteiger partial charge in [-0.05, 0) is 24.1 Å². The lowest BCUT2D eigenvalue weighted by Gasteiger charge is -2.16.